The van der Waals surface area contributed by atoms with Gasteiger partial charge < -0.3 is 19.3 Å². The van der Waals surface area contributed by atoms with E-state index in [1.165, 1.54) is 0 Å². The highest BCUT2D eigenvalue weighted by molar-refractivity contribution is 5.96. The number of carboxylic acid groups (broad SMARTS) is 1. The van der Waals surface area contributed by atoms with Gasteiger partial charge in [-0.05, 0) is 25.0 Å². The molecule has 6 nitrogen and oxygen atoms in total. The van der Waals surface area contributed by atoms with Gasteiger partial charge in [-0.3, -0.25) is 9.59 Å². The van der Waals surface area contributed by atoms with Crippen LogP contribution in [0.5, 0.6) is 0 Å². The topological polar surface area (TPSA) is 71.8 Å². The Morgan fingerprint density at radius 3 is 2.77 bits per heavy atom. The number of amides is 1. The maximum atomic E-state index is 12.8. The number of para-hydroxylation sites is 1. The average molecular weight is 356 g/mol. The standard InChI is InChI=1S/C20H24N2O4/c1-21-14-15(17-4-2-3-5-18(17)21)6-7-19(23)22(11-8-20(24)25)16-9-12-26-13-10-16/h2-7,14,16H,8-13H2,1H3,(H,24,25)/b7-6+. The predicted molar refractivity (Wildman–Crippen MR) is 99.8 cm³/mol. The van der Waals surface area contributed by atoms with E-state index in [1.54, 1.807) is 11.0 Å². The van der Waals surface area contributed by atoms with Crippen molar-refractivity contribution in [2.75, 3.05) is 19.8 Å². The SMILES string of the molecule is Cn1cc(/C=C/C(=O)N(CCC(=O)O)C2CCOCC2)c2ccccc21. The molecule has 0 atom stereocenters. The Labute approximate surface area is 152 Å². The maximum Gasteiger partial charge on any atom is 0.305 e. The summed E-state index contributed by atoms with van der Waals surface area (Å²) in [5.41, 5.74) is 2.08. The Hall–Kier alpha value is -2.60. The number of benzene rings is 1. The zero-order valence-electron chi connectivity index (χ0n) is 14.9. The smallest absolute Gasteiger partial charge is 0.305 e. The summed E-state index contributed by atoms with van der Waals surface area (Å²) in [6.45, 7) is 1.43. The van der Waals surface area contributed by atoms with Crippen LogP contribution in [-0.2, 0) is 21.4 Å². The van der Waals surface area contributed by atoms with Crippen LogP contribution >= 0.6 is 0 Å². The zero-order chi connectivity index (χ0) is 18.5. The molecular weight excluding hydrogens is 332 g/mol. The van der Waals surface area contributed by atoms with E-state index in [0.717, 1.165) is 29.3 Å². The second kappa shape index (κ2) is 8.19. The molecule has 138 valence electrons. The Bertz CT molecular complexity index is 818. The van der Waals surface area contributed by atoms with Crippen LogP contribution in [0.15, 0.2) is 36.5 Å². The summed E-state index contributed by atoms with van der Waals surface area (Å²) in [4.78, 5) is 25.4. The number of aliphatic carboxylic acids is 1. The minimum Gasteiger partial charge on any atom is -0.481 e. The van der Waals surface area contributed by atoms with Crippen molar-refractivity contribution in [3.63, 3.8) is 0 Å². The monoisotopic (exact) mass is 356 g/mol. The lowest BCUT2D eigenvalue weighted by molar-refractivity contribution is -0.138. The largest absolute Gasteiger partial charge is 0.481 e. The summed E-state index contributed by atoms with van der Waals surface area (Å²) in [5.74, 6) is -1.04. The molecule has 26 heavy (non-hydrogen) atoms. The normalized spacial score (nSPS) is 15.6. The molecule has 1 fully saturated rings. The van der Waals surface area contributed by atoms with Crippen molar-refractivity contribution in [3.8, 4) is 0 Å². The van der Waals surface area contributed by atoms with E-state index in [-0.39, 0.29) is 24.9 Å². The molecule has 1 aromatic carbocycles. The number of hydrogen-bond donors (Lipinski definition) is 1. The summed E-state index contributed by atoms with van der Waals surface area (Å²) in [6.07, 6.45) is 6.80. The molecule has 2 heterocycles. The first-order chi connectivity index (χ1) is 12.6. The van der Waals surface area contributed by atoms with E-state index < -0.39 is 5.97 Å². The highest BCUT2D eigenvalue weighted by atomic mass is 16.5. The number of ether oxygens (including phenoxy) is 1. The molecule has 1 aromatic heterocycles. The number of aryl methyl sites for hydroxylation is 1. The van der Waals surface area contributed by atoms with Gasteiger partial charge in [-0.15, -0.1) is 0 Å². The zero-order valence-corrected chi connectivity index (χ0v) is 14.9. The third-order valence-electron chi connectivity index (χ3n) is 4.81. The molecule has 1 aliphatic rings. The quantitative estimate of drug-likeness (QED) is 0.808. The number of carbonyl (C=O) groups excluding carboxylic acids is 1. The van der Waals surface area contributed by atoms with Gasteiger partial charge in [0.25, 0.3) is 0 Å². The first-order valence-electron chi connectivity index (χ1n) is 8.88. The molecule has 0 aliphatic carbocycles. The van der Waals surface area contributed by atoms with Gasteiger partial charge in [0, 0.05) is 61.6 Å². The van der Waals surface area contributed by atoms with Crippen LogP contribution in [0.2, 0.25) is 0 Å². The van der Waals surface area contributed by atoms with Crippen molar-refractivity contribution in [2.24, 2.45) is 7.05 Å². The minimum atomic E-state index is -0.895. The van der Waals surface area contributed by atoms with Gasteiger partial charge in [0.1, 0.15) is 0 Å². The lowest BCUT2D eigenvalue weighted by Crippen LogP contribution is -2.43. The van der Waals surface area contributed by atoms with Crippen molar-refractivity contribution in [2.45, 2.75) is 25.3 Å². The van der Waals surface area contributed by atoms with Crippen LogP contribution in [0.3, 0.4) is 0 Å². The average Bonchev–Trinajstić information content (AvgIpc) is 2.97. The van der Waals surface area contributed by atoms with Gasteiger partial charge >= 0.3 is 5.97 Å². The molecule has 1 saturated heterocycles. The minimum absolute atomic E-state index is 0.0350. The fourth-order valence-corrected chi connectivity index (χ4v) is 3.45. The fourth-order valence-electron chi connectivity index (χ4n) is 3.45. The van der Waals surface area contributed by atoms with Crippen molar-refractivity contribution in [1.82, 2.24) is 9.47 Å². The van der Waals surface area contributed by atoms with E-state index in [0.29, 0.717) is 13.2 Å². The number of aromatic nitrogens is 1. The third-order valence-corrected chi connectivity index (χ3v) is 4.81. The van der Waals surface area contributed by atoms with Crippen molar-refractivity contribution >= 4 is 28.9 Å². The Morgan fingerprint density at radius 2 is 2.04 bits per heavy atom. The van der Waals surface area contributed by atoms with Gasteiger partial charge in [-0.25, -0.2) is 0 Å². The van der Waals surface area contributed by atoms with Crippen molar-refractivity contribution in [3.05, 3.63) is 42.1 Å². The van der Waals surface area contributed by atoms with Gasteiger partial charge in [-0.1, -0.05) is 18.2 Å². The number of hydrogen-bond acceptors (Lipinski definition) is 3. The first kappa shape index (κ1) is 18.2. The molecule has 0 bridgehead atoms. The van der Waals surface area contributed by atoms with Gasteiger partial charge in [0.15, 0.2) is 0 Å². The molecule has 6 heteroatoms. The van der Waals surface area contributed by atoms with Gasteiger partial charge in [-0.2, -0.15) is 0 Å². The van der Waals surface area contributed by atoms with E-state index in [4.69, 9.17) is 9.84 Å². The van der Waals surface area contributed by atoms with Crippen LogP contribution in [-0.4, -0.2) is 52.3 Å². The highest BCUT2D eigenvalue weighted by Crippen LogP contribution is 2.22. The number of carbonyl (C=O) groups is 2. The Morgan fingerprint density at radius 1 is 1.31 bits per heavy atom. The summed E-state index contributed by atoms with van der Waals surface area (Å²) in [7, 11) is 1.97. The van der Waals surface area contributed by atoms with E-state index in [2.05, 4.69) is 0 Å². The van der Waals surface area contributed by atoms with Crippen LogP contribution in [0, 0.1) is 0 Å². The van der Waals surface area contributed by atoms with Crippen LogP contribution < -0.4 is 0 Å². The predicted octanol–water partition coefficient (Wildman–Crippen LogP) is 2.67. The lowest BCUT2D eigenvalue weighted by Gasteiger charge is -2.33. The fraction of sp³-hybridized carbons (Fsp3) is 0.400. The molecule has 1 amide bonds. The molecule has 1 N–H and O–H groups in total. The molecule has 0 unspecified atom stereocenters. The number of rotatable bonds is 6. The molecular formula is C20H24N2O4. The molecule has 1 aliphatic heterocycles. The molecule has 2 aromatic rings. The van der Waals surface area contributed by atoms with Crippen molar-refractivity contribution < 1.29 is 19.4 Å². The van der Waals surface area contributed by atoms with Crippen LogP contribution in [0.25, 0.3) is 17.0 Å². The summed E-state index contributed by atoms with van der Waals surface area (Å²) in [6, 6.07) is 8.06. The van der Waals surface area contributed by atoms with Crippen LogP contribution in [0.1, 0.15) is 24.8 Å². The second-order valence-electron chi connectivity index (χ2n) is 6.56. The molecule has 0 radical (unpaired) electrons. The highest BCUT2D eigenvalue weighted by Gasteiger charge is 2.25. The summed E-state index contributed by atoms with van der Waals surface area (Å²) >= 11 is 0. The Kier molecular flexibility index (Phi) is 5.73. The van der Waals surface area contributed by atoms with Gasteiger partial charge in [0.2, 0.25) is 5.91 Å². The van der Waals surface area contributed by atoms with Gasteiger partial charge in [0.05, 0.1) is 6.42 Å². The first-order valence-corrected chi connectivity index (χ1v) is 8.88. The second-order valence-corrected chi connectivity index (χ2v) is 6.56. The number of nitrogens with zero attached hydrogens (tertiary/aromatic N) is 2. The van der Waals surface area contributed by atoms with E-state index in [9.17, 15) is 9.59 Å². The third kappa shape index (κ3) is 4.14. The number of carboxylic acids is 1. The molecule has 0 saturated carbocycles. The summed E-state index contributed by atoms with van der Waals surface area (Å²) < 4.78 is 7.39. The summed E-state index contributed by atoms with van der Waals surface area (Å²) in [5, 5.41) is 10.1. The molecule has 0 spiro atoms. The maximum absolute atomic E-state index is 12.8. The number of fused-ring (bicyclic) bond motifs is 1. The van der Waals surface area contributed by atoms with Crippen molar-refractivity contribution in [1.29, 1.82) is 0 Å². The van der Waals surface area contributed by atoms with E-state index >= 15 is 0 Å². The van der Waals surface area contributed by atoms with E-state index in [1.807, 2.05) is 48.2 Å². The lowest BCUT2D eigenvalue weighted by atomic mass is 10.1. The van der Waals surface area contributed by atoms with Crippen LogP contribution in [0.4, 0.5) is 0 Å². The Balaban J connectivity index is 1.79. The molecule has 3 rings (SSSR count).